The van der Waals surface area contributed by atoms with E-state index in [0.29, 0.717) is 22.2 Å². The number of benzene rings is 1. The van der Waals surface area contributed by atoms with Crippen LogP contribution in [-0.4, -0.2) is 40.1 Å². The Hall–Kier alpha value is -3.26. The molecular weight excluding hydrogens is 418 g/mol. The summed E-state index contributed by atoms with van der Waals surface area (Å²) in [6.45, 7) is 3.51. The minimum absolute atomic E-state index is 0.198. The van der Waals surface area contributed by atoms with E-state index in [2.05, 4.69) is 27.2 Å². The average molecular weight is 442 g/mol. The van der Waals surface area contributed by atoms with Crippen molar-refractivity contribution in [3.8, 4) is 22.9 Å². The van der Waals surface area contributed by atoms with E-state index in [0.717, 1.165) is 47.5 Å². The average Bonchev–Trinajstić information content (AvgIpc) is 3.35. The molecule has 0 saturated heterocycles. The van der Waals surface area contributed by atoms with Gasteiger partial charge in [-0.1, -0.05) is 18.2 Å². The molecule has 31 heavy (non-hydrogen) atoms. The van der Waals surface area contributed by atoms with Gasteiger partial charge < -0.3 is 14.8 Å². The zero-order chi connectivity index (χ0) is 22.1. The number of halogens is 1. The quantitative estimate of drug-likeness (QED) is 0.566. The number of amides is 1. The van der Waals surface area contributed by atoms with Crippen molar-refractivity contribution in [2.45, 2.75) is 25.2 Å². The number of H-pyrrole nitrogens is 1. The number of hydrogen-bond donors (Lipinski definition) is 2. The summed E-state index contributed by atoms with van der Waals surface area (Å²) < 4.78 is 12.6. The summed E-state index contributed by atoms with van der Waals surface area (Å²) in [7, 11) is 5.05. The van der Waals surface area contributed by atoms with Crippen molar-refractivity contribution in [3.05, 3.63) is 52.8 Å². The van der Waals surface area contributed by atoms with Crippen LogP contribution >= 0.6 is 11.6 Å². The Morgan fingerprint density at radius 1 is 1.39 bits per heavy atom. The Morgan fingerprint density at radius 3 is 2.90 bits per heavy atom. The molecule has 0 spiro atoms. The van der Waals surface area contributed by atoms with Gasteiger partial charge in [0, 0.05) is 24.4 Å². The SMILES string of the molecule is C=CC(=O)Nc1cnn(C)c1-c1n[nH]c2c1CC[C@H](c1cc(OC)cc(OC)c1Cl)C2. The van der Waals surface area contributed by atoms with E-state index >= 15 is 0 Å². The fourth-order valence-corrected chi connectivity index (χ4v) is 4.46. The lowest BCUT2D eigenvalue weighted by atomic mass is 9.82. The number of ether oxygens (including phenoxy) is 2. The van der Waals surface area contributed by atoms with Crippen LogP contribution < -0.4 is 14.8 Å². The molecule has 0 radical (unpaired) electrons. The van der Waals surface area contributed by atoms with Crippen LogP contribution in [0.3, 0.4) is 0 Å². The second kappa shape index (κ2) is 8.47. The van der Waals surface area contributed by atoms with Gasteiger partial charge in [0.1, 0.15) is 22.9 Å². The smallest absolute Gasteiger partial charge is 0.247 e. The zero-order valence-electron chi connectivity index (χ0n) is 17.7. The summed E-state index contributed by atoms with van der Waals surface area (Å²) in [6, 6.07) is 3.76. The molecule has 162 valence electrons. The van der Waals surface area contributed by atoms with E-state index in [1.54, 1.807) is 31.2 Å². The van der Waals surface area contributed by atoms with Gasteiger partial charge in [-0.3, -0.25) is 14.6 Å². The summed E-state index contributed by atoms with van der Waals surface area (Å²) in [5, 5.41) is 15.5. The molecule has 0 aliphatic heterocycles. The van der Waals surface area contributed by atoms with Crippen molar-refractivity contribution >= 4 is 23.2 Å². The topological polar surface area (TPSA) is 94.1 Å². The summed E-state index contributed by atoms with van der Waals surface area (Å²) in [5.74, 6) is 1.22. The Labute approximate surface area is 185 Å². The van der Waals surface area contributed by atoms with Crippen molar-refractivity contribution in [2.24, 2.45) is 7.05 Å². The Bertz CT molecular complexity index is 1150. The lowest BCUT2D eigenvalue weighted by molar-refractivity contribution is -0.111. The van der Waals surface area contributed by atoms with Crippen LogP contribution in [0.15, 0.2) is 31.0 Å². The van der Waals surface area contributed by atoms with E-state index < -0.39 is 0 Å². The van der Waals surface area contributed by atoms with Crippen molar-refractivity contribution in [3.63, 3.8) is 0 Å². The second-order valence-electron chi connectivity index (χ2n) is 7.43. The van der Waals surface area contributed by atoms with E-state index in [4.69, 9.17) is 21.1 Å². The maximum absolute atomic E-state index is 11.8. The van der Waals surface area contributed by atoms with Crippen LogP contribution in [0.2, 0.25) is 5.02 Å². The third-order valence-electron chi connectivity index (χ3n) is 5.69. The van der Waals surface area contributed by atoms with Gasteiger partial charge in [0.25, 0.3) is 0 Å². The Morgan fingerprint density at radius 2 is 2.19 bits per heavy atom. The number of carbonyl (C=O) groups excluding carboxylic acids is 1. The second-order valence-corrected chi connectivity index (χ2v) is 7.80. The number of aromatic amines is 1. The molecule has 1 aromatic carbocycles. The maximum atomic E-state index is 11.8. The van der Waals surface area contributed by atoms with E-state index in [1.807, 2.05) is 13.1 Å². The number of aryl methyl sites for hydroxylation is 1. The lowest BCUT2D eigenvalue weighted by Crippen LogP contribution is -2.14. The zero-order valence-corrected chi connectivity index (χ0v) is 18.4. The monoisotopic (exact) mass is 441 g/mol. The molecular formula is C22H24ClN5O3. The Balaban J connectivity index is 1.67. The largest absolute Gasteiger partial charge is 0.497 e. The van der Waals surface area contributed by atoms with Crippen molar-refractivity contribution < 1.29 is 14.3 Å². The molecule has 0 unspecified atom stereocenters. The lowest BCUT2D eigenvalue weighted by Gasteiger charge is -2.25. The fourth-order valence-electron chi connectivity index (χ4n) is 4.12. The number of hydrogen-bond acceptors (Lipinski definition) is 5. The van der Waals surface area contributed by atoms with Crippen LogP contribution in [0.25, 0.3) is 11.4 Å². The van der Waals surface area contributed by atoms with Gasteiger partial charge in [0.2, 0.25) is 5.91 Å². The molecule has 0 bridgehead atoms. The number of aromatic nitrogens is 4. The first-order valence-corrected chi connectivity index (χ1v) is 10.3. The number of methoxy groups -OCH3 is 2. The molecule has 3 aromatic rings. The predicted octanol–water partition coefficient (Wildman–Crippen LogP) is 3.88. The van der Waals surface area contributed by atoms with Gasteiger partial charge in [-0.25, -0.2) is 0 Å². The number of fused-ring (bicyclic) bond motifs is 1. The summed E-state index contributed by atoms with van der Waals surface area (Å²) >= 11 is 6.62. The normalized spacial score (nSPS) is 15.3. The molecule has 9 heteroatoms. The number of nitrogens with one attached hydrogen (secondary N) is 2. The molecule has 2 aromatic heterocycles. The van der Waals surface area contributed by atoms with E-state index in [1.165, 1.54) is 6.08 Å². The van der Waals surface area contributed by atoms with Crippen molar-refractivity contribution in [2.75, 3.05) is 19.5 Å². The van der Waals surface area contributed by atoms with Crippen molar-refractivity contribution in [1.82, 2.24) is 20.0 Å². The maximum Gasteiger partial charge on any atom is 0.247 e. The highest BCUT2D eigenvalue weighted by molar-refractivity contribution is 6.33. The first kappa shape index (κ1) is 21.0. The third kappa shape index (κ3) is 3.79. The van der Waals surface area contributed by atoms with E-state index in [9.17, 15) is 4.79 Å². The first-order chi connectivity index (χ1) is 15.0. The number of rotatable bonds is 6. The highest BCUT2D eigenvalue weighted by Gasteiger charge is 2.29. The predicted molar refractivity (Wildman–Crippen MR) is 119 cm³/mol. The molecule has 4 rings (SSSR count). The molecule has 0 saturated carbocycles. The summed E-state index contributed by atoms with van der Waals surface area (Å²) in [4.78, 5) is 11.8. The molecule has 8 nitrogen and oxygen atoms in total. The van der Waals surface area contributed by atoms with Gasteiger partial charge in [-0.15, -0.1) is 0 Å². The highest BCUT2D eigenvalue weighted by Crippen LogP contribution is 2.43. The van der Waals surface area contributed by atoms with Crippen LogP contribution in [-0.2, 0) is 24.7 Å². The van der Waals surface area contributed by atoms with Crippen LogP contribution in [0.5, 0.6) is 11.5 Å². The van der Waals surface area contributed by atoms with Gasteiger partial charge in [-0.2, -0.15) is 10.2 Å². The number of nitrogens with zero attached hydrogens (tertiary/aromatic N) is 3. The molecule has 0 fully saturated rings. The molecule has 2 heterocycles. The third-order valence-corrected chi connectivity index (χ3v) is 6.09. The minimum atomic E-state index is -0.291. The number of anilines is 1. The van der Waals surface area contributed by atoms with Gasteiger partial charge in [0.15, 0.2) is 0 Å². The van der Waals surface area contributed by atoms with Gasteiger partial charge >= 0.3 is 0 Å². The molecule has 1 amide bonds. The molecule has 1 aliphatic carbocycles. The molecule has 1 atom stereocenters. The summed E-state index contributed by atoms with van der Waals surface area (Å²) in [5.41, 5.74) is 5.32. The van der Waals surface area contributed by atoms with Crippen molar-refractivity contribution in [1.29, 1.82) is 0 Å². The van der Waals surface area contributed by atoms with Gasteiger partial charge in [0.05, 0.1) is 31.1 Å². The van der Waals surface area contributed by atoms with Gasteiger partial charge in [-0.05, 0) is 42.9 Å². The molecule has 2 N–H and O–H groups in total. The number of carbonyl (C=O) groups is 1. The fraction of sp³-hybridized carbons (Fsp3) is 0.318. The van der Waals surface area contributed by atoms with Crippen LogP contribution in [0.4, 0.5) is 5.69 Å². The minimum Gasteiger partial charge on any atom is -0.497 e. The van der Waals surface area contributed by atoms with E-state index in [-0.39, 0.29) is 11.8 Å². The highest BCUT2D eigenvalue weighted by atomic mass is 35.5. The standard InChI is InChI=1S/C22H24ClN5O3/c1-5-19(29)25-17-11-24-28(2)22(17)21-14-7-6-12(8-16(14)26-27-21)15-9-13(30-3)10-18(31-4)20(15)23/h5,9-12H,1,6-8H2,2-4H3,(H,25,29)(H,26,27)/t12-/m0/s1. The molecule has 1 aliphatic rings. The van der Waals surface area contributed by atoms with Crippen LogP contribution in [0.1, 0.15) is 29.2 Å². The first-order valence-electron chi connectivity index (χ1n) is 9.90. The van der Waals surface area contributed by atoms with Crippen LogP contribution in [0, 0.1) is 0 Å². The summed E-state index contributed by atoms with van der Waals surface area (Å²) in [6.07, 6.45) is 5.30. The Kier molecular flexibility index (Phi) is 5.73.